The molecule has 0 aliphatic carbocycles. The highest BCUT2D eigenvalue weighted by atomic mass is 79.9. The molecular formula is C15H15BrO2. The SMILES string of the molecule is BrCc1ccc(-c2ccccc2)cc1.COC=O. The molecule has 3 heteroatoms. The highest BCUT2D eigenvalue weighted by Crippen LogP contribution is 2.19. The molecule has 0 saturated heterocycles. The van der Waals surface area contributed by atoms with Gasteiger partial charge in [-0.1, -0.05) is 70.5 Å². The van der Waals surface area contributed by atoms with Crippen molar-refractivity contribution in [1.82, 2.24) is 0 Å². The Bertz CT molecular complexity index is 452. The molecule has 0 heterocycles. The van der Waals surface area contributed by atoms with Gasteiger partial charge >= 0.3 is 0 Å². The van der Waals surface area contributed by atoms with Gasteiger partial charge in [0.1, 0.15) is 0 Å². The molecule has 0 fully saturated rings. The Hall–Kier alpha value is -1.61. The number of hydrogen-bond donors (Lipinski definition) is 0. The molecular weight excluding hydrogens is 292 g/mol. The van der Waals surface area contributed by atoms with Crippen molar-refractivity contribution in [3.8, 4) is 11.1 Å². The summed E-state index contributed by atoms with van der Waals surface area (Å²) in [6, 6.07) is 19.0. The van der Waals surface area contributed by atoms with Gasteiger partial charge in [0.05, 0.1) is 7.11 Å². The molecule has 0 radical (unpaired) electrons. The predicted octanol–water partition coefficient (Wildman–Crippen LogP) is 4.04. The first kappa shape index (κ1) is 14.5. The van der Waals surface area contributed by atoms with Gasteiger partial charge < -0.3 is 4.74 Å². The molecule has 2 aromatic rings. The monoisotopic (exact) mass is 306 g/mol. The number of halogens is 1. The molecule has 0 aliphatic heterocycles. The third-order valence-corrected chi connectivity index (χ3v) is 2.96. The van der Waals surface area contributed by atoms with E-state index in [9.17, 15) is 0 Å². The number of ether oxygens (including phenoxy) is 1. The Labute approximate surface area is 116 Å². The number of methoxy groups -OCH3 is 1. The van der Waals surface area contributed by atoms with Crippen molar-refractivity contribution in [2.45, 2.75) is 5.33 Å². The molecule has 18 heavy (non-hydrogen) atoms. The first-order valence-corrected chi connectivity index (χ1v) is 6.60. The Morgan fingerprint density at radius 2 is 1.50 bits per heavy atom. The summed E-state index contributed by atoms with van der Waals surface area (Å²) in [6.45, 7) is 0.375. The van der Waals surface area contributed by atoms with Crippen LogP contribution >= 0.6 is 15.9 Å². The summed E-state index contributed by atoms with van der Waals surface area (Å²) in [5, 5.41) is 0.919. The second-order valence-corrected chi connectivity index (χ2v) is 4.09. The van der Waals surface area contributed by atoms with Gasteiger partial charge in [-0.05, 0) is 16.7 Å². The minimum atomic E-state index is 0.375. The van der Waals surface area contributed by atoms with Crippen LogP contribution in [-0.2, 0) is 14.9 Å². The van der Waals surface area contributed by atoms with Gasteiger partial charge in [-0.3, -0.25) is 4.79 Å². The minimum Gasteiger partial charge on any atom is -0.471 e. The highest BCUT2D eigenvalue weighted by Gasteiger charge is 1.95. The molecule has 0 aromatic heterocycles. The molecule has 94 valence electrons. The van der Waals surface area contributed by atoms with Crippen LogP contribution in [0.3, 0.4) is 0 Å². The van der Waals surface area contributed by atoms with E-state index in [1.54, 1.807) is 0 Å². The summed E-state index contributed by atoms with van der Waals surface area (Å²) in [4.78, 5) is 8.95. The zero-order valence-electron chi connectivity index (χ0n) is 10.2. The highest BCUT2D eigenvalue weighted by molar-refractivity contribution is 9.08. The van der Waals surface area contributed by atoms with Crippen molar-refractivity contribution >= 4 is 22.4 Å². The normalized spacial score (nSPS) is 9.00. The van der Waals surface area contributed by atoms with E-state index in [-0.39, 0.29) is 0 Å². The van der Waals surface area contributed by atoms with E-state index in [0.717, 1.165) is 5.33 Å². The number of alkyl halides is 1. The molecule has 0 N–H and O–H groups in total. The third kappa shape index (κ3) is 4.72. The van der Waals surface area contributed by atoms with Gasteiger partial charge in [0.25, 0.3) is 6.47 Å². The van der Waals surface area contributed by atoms with Crippen molar-refractivity contribution in [1.29, 1.82) is 0 Å². The molecule has 0 amide bonds. The van der Waals surface area contributed by atoms with E-state index in [1.807, 2.05) is 6.07 Å². The first-order valence-electron chi connectivity index (χ1n) is 5.48. The van der Waals surface area contributed by atoms with E-state index in [1.165, 1.54) is 23.8 Å². The van der Waals surface area contributed by atoms with Crippen molar-refractivity contribution in [2.75, 3.05) is 7.11 Å². The number of carbonyl (C=O) groups is 1. The molecule has 0 spiro atoms. The van der Waals surface area contributed by atoms with Gasteiger partial charge in [0.2, 0.25) is 0 Å². The van der Waals surface area contributed by atoms with E-state index in [4.69, 9.17) is 4.79 Å². The van der Waals surface area contributed by atoms with Crippen molar-refractivity contribution in [3.63, 3.8) is 0 Å². The van der Waals surface area contributed by atoms with Crippen LogP contribution in [-0.4, -0.2) is 13.6 Å². The van der Waals surface area contributed by atoms with Crippen LogP contribution in [0.5, 0.6) is 0 Å². The number of carbonyl (C=O) groups excluding carboxylic acids is 1. The lowest BCUT2D eigenvalue weighted by Crippen LogP contribution is -1.79. The van der Waals surface area contributed by atoms with Crippen LogP contribution in [0.25, 0.3) is 11.1 Å². The smallest absolute Gasteiger partial charge is 0.292 e. The lowest BCUT2D eigenvalue weighted by Gasteiger charge is -2.01. The zero-order chi connectivity index (χ0) is 13.2. The zero-order valence-corrected chi connectivity index (χ0v) is 11.8. The van der Waals surface area contributed by atoms with Gasteiger partial charge in [-0.15, -0.1) is 0 Å². The molecule has 2 nitrogen and oxygen atoms in total. The summed E-state index contributed by atoms with van der Waals surface area (Å²) < 4.78 is 3.86. The average molecular weight is 307 g/mol. The summed E-state index contributed by atoms with van der Waals surface area (Å²) in [6.07, 6.45) is 0. The summed E-state index contributed by atoms with van der Waals surface area (Å²) in [5.41, 5.74) is 3.86. The molecule has 2 rings (SSSR count). The predicted molar refractivity (Wildman–Crippen MR) is 77.6 cm³/mol. The lowest BCUT2D eigenvalue weighted by atomic mass is 10.0. The first-order chi connectivity index (χ1) is 8.81. The molecule has 0 atom stereocenters. The fourth-order valence-corrected chi connectivity index (χ4v) is 1.79. The molecule has 0 unspecified atom stereocenters. The van der Waals surface area contributed by atoms with E-state index in [0.29, 0.717) is 6.47 Å². The van der Waals surface area contributed by atoms with Crippen molar-refractivity contribution in [2.24, 2.45) is 0 Å². The van der Waals surface area contributed by atoms with Gasteiger partial charge in [0, 0.05) is 5.33 Å². The van der Waals surface area contributed by atoms with Crippen LogP contribution in [0, 0.1) is 0 Å². The Morgan fingerprint density at radius 3 is 1.94 bits per heavy atom. The fraction of sp³-hybridized carbons (Fsp3) is 0.133. The second-order valence-electron chi connectivity index (χ2n) is 3.53. The minimum absolute atomic E-state index is 0.375. The number of rotatable bonds is 3. The third-order valence-electron chi connectivity index (χ3n) is 2.31. The number of hydrogen-bond acceptors (Lipinski definition) is 2. The van der Waals surface area contributed by atoms with Gasteiger partial charge in [-0.2, -0.15) is 0 Å². The Balaban J connectivity index is 0.000000357. The van der Waals surface area contributed by atoms with Gasteiger partial charge in [0.15, 0.2) is 0 Å². The summed E-state index contributed by atoms with van der Waals surface area (Å²) in [7, 11) is 1.31. The molecule has 0 bridgehead atoms. The van der Waals surface area contributed by atoms with Gasteiger partial charge in [-0.25, -0.2) is 0 Å². The maximum absolute atomic E-state index is 8.95. The fourth-order valence-electron chi connectivity index (χ4n) is 1.42. The lowest BCUT2D eigenvalue weighted by molar-refractivity contribution is -0.126. The number of benzene rings is 2. The standard InChI is InChI=1S/C13H11Br.C2H4O2/c14-10-11-6-8-13(9-7-11)12-4-2-1-3-5-12;1-4-2-3/h1-9H,10H2;2H,1H3. The van der Waals surface area contributed by atoms with Crippen LogP contribution in [0.1, 0.15) is 5.56 Å². The van der Waals surface area contributed by atoms with Crippen molar-refractivity contribution in [3.05, 3.63) is 60.2 Å². The topological polar surface area (TPSA) is 26.3 Å². The molecule has 0 saturated carbocycles. The molecule has 0 aliphatic rings. The van der Waals surface area contributed by atoms with E-state index < -0.39 is 0 Å². The van der Waals surface area contributed by atoms with E-state index in [2.05, 4.69) is 69.2 Å². The summed E-state index contributed by atoms with van der Waals surface area (Å²) >= 11 is 3.44. The second kappa shape index (κ2) is 8.48. The van der Waals surface area contributed by atoms with E-state index >= 15 is 0 Å². The van der Waals surface area contributed by atoms with Crippen LogP contribution < -0.4 is 0 Å². The largest absolute Gasteiger partial charge is 0.471 e. The van der Waals surface area contributed by atoms with Crippen LogP contribution in [0.4, 0.5) is 0 Å². The van der Waals surface area contributed by atoms with Crippen LogP contribution in [0.2, 0.25) is 0 Å². The molecule has 2 aromatic carbocycles. The maximum Gasteiger partial charge on any atom is 0.292 e. The average Bonchev–Trinajstić information content (AvgIpc) is 2.48. The Kier molecular flexibility index (Phi) is 6.81. The maximum atomic E-state index is 8.95. The summed E-state index contributed by atoms with van der Waals surface area (Å²) in [5.74, 6) is 0. The van der Waals surface area contributed by atoms with Crippen LogP contribution in [0.15, 0.2) is 54.6 Å². The van der Waals surface area contributed by atoms with Crippen molar-refractivity contribution < 1.29 is 9.53 Å². The Morgan fingerprint density at radius 1 is 1.00 bits per heavy atom. The quantitative estimate of drug-likeness (QED) is 0.632.